The second-order valence-corrected chi connectivity index (χ2v) is 9.60. The van der Waals surface area contributed by atoms with Crippen molar-refractivity contribution in [2.24, 2.45) is 0 Å². The van der Waals surface area contributed by atoms with E-state index in [0.29, 0.717) is 20.7 Å². The zero-order valence-electron chi connectivity index (χ0n) is 13.8. The molecule has 1 aromatic carbocycles. The van der Waals surface area contributed by atoms with Crippen LogP contribution in [0.3, 0.4) is 0 Å². The third-order valence-electron chi connectivity index (χ3n) is 3.29. The lowest BCUT2D eigenvalue weighted by Gasteiger charge is -2.19. The molecule has 0 bridgehead atoms. The van der Waals surface area contributed by atoms with E-state index in [1.807, 2.05) is 0 Å². The first-order valence-electron chi connectivity index (χ1n) is 7.47. The van der Waals surface area contributed by atoms with Crippen LogP contribution in [0.5, 0.6) is 5.75 Å². The minimum Gasteiger partial charge on any atom is -0.492 e. The molecule has 0 aliphatic carbocycles. The SMILES string of the molecule is CS(=O)(=O)N(CCOc1cc(Cl)cc(Cl)c1)Cc1ccc(CC(=O)O)s1. The monoisotopic (exact) mass is 437 g/mol. The predicted octanol–water partition coefficient (Wildman–Crippen LogP) is 3.52. The quantitative estimate of drug-likeness (QED) is 0.648. The molecule has 0 aliphatic heterocycles. The summed E-state index contributed by atoms with van der Waals surface area (Å²) >= 11 is 13.1. The van der Waals surface area contributed by atoms with Crippen LogP contribution < -0.4 is 4.74 Å². The lowest BCUT2D eigenvalue weighted by molar-refractivity contribution is -0.136. The molecule has 26 heavy (non-hydrogen) atoms. The summed E-state index contributed by atoms with van der Waals surface area (Å²) < 4.78 is 30.8. The molecule has 1 heterocycles. The number of halogens is 2. The zero-order valence-corrected chi connectivity index (χ0v) is 17.0. The van der Waals surface area contributed by atoms with Gasteiger partial charge in [0.25, 0.3) is 0 Å². The number of nitrogens with zero attached hydrogens (tertiary/aromatic N) is 1. The Balaban J connectivity index is 1.99. The van der Waals surface area contributed by atoms with Crippen molar-refractivity contribution in [3.63, 3.8) is 0 Å². The fourth-order valence-corrected chi connectivity index (χ4v) is 4.56. The van der Waals surface area contributed by atoms with Crippen molar-refractivity contribution < 1.29 is 23.1 Å². The fraction of sp³-hybridized carbons (Fsp3) is 0.312. The molecule has 10 heteroatoms. The highest BCUT2D eigenvalue weighted by molar-refractivity contribution is 7.88. The third-order valence-corrected chi connectivity index (χ3v) is 6.05. The molecular formula is C16H17Cl2NO5S2. The number of carboxylic acid groups (broad SMARTS) is 1. The fourth-order valence-electron chi connectivity index (χ4n) is 2.16. The van der Waals surface area contributed by atoms with Crippen molar-refractivity contribution in [3.05, 3.63) is 50.1 Å². The van der Waals surface area contributed by atoms with Gasteiger partial charge < -0.3 is 9.84 Å². The summed E-state index contributed by atoms with van der Waals surface area (Å²) in [5, 5.41) is 9.67. The van der Waals surface area contributed by atoms with E-state index in [2.05, 4.69) is 0 Å². The zero-order chi connectivity index (χ0) is 19.3. The van der Waals surface area contributed by atoms with Crippen LogP contribution >= 0.6 is 34.5 Å². The van der Waals surface area contributed by atoms with Crippen molar-refractivity contribution in [3.8, 4) is 5.75 Å². The van der Waals surface area contributed by atoms with Gasteiger partial charge >= 0.3 is 5.97 Å². The molecule has 0 spiro atoms. The van der Waals surface area contributed by atoms with E-state index >= 15 is 0 Å². The minimum atomic E-state index is -3.46. The highest BCUT2D eigenvalue weighted by Crippen LogP contribution is 2.24. The molecular weight excluding hydrogens is 421 g/mol. The van der Waals surface area contributed by atoms with Gasteiger partial charge in [-0.25, -0.2) is 8.42 Å². The van der Waals surface area contributed by atoms with Gasteiger partial charge in [-0.05, 0) is 30.3 Å². The molecule has 1 N–H and O–H groups in total. The Labute approximate surface area is 166 Å². The third kappa shape index (κ3) is 6.77. The molecule has 0 amide bonds. The summed E-state index contributed by atoms with van der Waals surface area (Å²) in [6.07, 6.45) is 1.04. The van der Waals surface area contributed by atoms with Crippen LogP contribution in [-0.2, 0) is 27.8 Å². The van der Waals surface area contributed by atoms with Crippen molar-refractivity contribution in [2.45, 2.75) is 13.0 Å². The van der Waals surface area contributed by atoms with Gasteiger partial charge in [-0.2, -0.15) is 4.31 Å². The van der Waals surface area contributed by atoms with Crippen molar-refractivity contribution >= 4 is 50.5 Å². The van der Waals surface area contributed by atoms with Crippen molar-refractivity contribution in [2.75, 3.05) is 19.4 Å². The molecule has 2 rings (SSSR count). The van der Waals surface area contributed by atoms with Gasteiger partial charge in [0, 0.05) is 32.9 Å². The number of carbonyl (C=O) groups is 1. The Morgan fingerprint density at radius 1 is 1.19 bits per heavy atom. The molecule has 6 nitrogen and oxygen atoms in total. The summed E-state index contributed by atoms with van der Waals surface area (Å²) in [5.41, 5.74) is 0. The van der Waals surface area contributed by atoms with Gasteiger partial charge in [-0.3, -0.25) is 4.79 Å². The molecule has 0 radical (unpaired) electrons. The summed E-state index contributed by atoms with van der Waals surface area (Å²) in [6.45, 7) is 0.412. The van der Waals surface area contributed by atoms with Crippen LogP contribution in [0.1, 0.15) is 9.75 Å². The molecule has 0 atom stereocenters. The van der Waals surface area contributed by atoms with Gasteiger partial charge in [0.15, 0.2) is 0 Å². The highest BCUT2D eigenvalue weighted by Gasteiger charge is 2.18. The van der Waals surface area contributed by atoms with Crippen LogP contribution in [-0.4, -0.2) is 43.2 Å². The van der Waals surface area contributed by atoms with E-state index in [4.69, 9.17) is 33.0 Å². The largest absolute Gasteiger partial charge is 0.492 e. The maximum Gasteiger partial charge on any atom is 0.308 e. The lowest BCUT2D eigenvalue weighted by atomic mass is 10.3. The average Bonchev–Trinajstić information content (AvgIpc) is 2.90. The number of rotatable bonds is 9. The van der Waals surface area contributed by atoms with Crippen LogP contribution in [0.15, 0.2) is 30.3 Å². The Kier molecular flexibility index (Phi) is 7.31. The number of sulfonamides is 1. The van der Waals surface area contributed by atoms with Crippen molar-refractivity contribution in [1.82, 2.24) is 4.31 Å². The number of ether oxygens (including phenoxy) is 1. The number of hydrogen-bond acceptors (Lipinski definition) is 5. The second-order valence-electron chi connectivity index (χ2n) is 5.49. The van der Waals surface area contributed by atoms with Crippen LogP contribution in [0.25, 0.3) is 0 Å². The number of benzene rings is 1. The first-order valence-corrected chi connectivity index (χ1v) is 10.9. The number of carboxylic acids is 1. The van der Waals surface area contributed by atoms with E-state index < -0.39 is 16.0 Å². The van der Waals surface area contributed by atoms with Crippen LogP contribution in [0, 0.1) is 0 Å². The molecule has 0 fully saturated rings. The lowest BCUT2D eigenvalue weighted by Crippen LogP contribution is -2.33. The topological polar surface area (TPSA) is 83.9 Å². The summed E-state index contributed by atoms with van der Waals surface area (Å²) in [6, 6.07) is 8.19. The summed E-state index contributed by atoms with van der Waals surface area (Å²) in [5.74, 6) is -0.470. The molecule has 142 valence electrons. The van der Waals surface area contributed by atoms with Crippen LogP contribution in [0.4, 0.5) is 0 Å². The highest BCUT2D eigenvalue weighted by atomic mass is 35.5. The van der Waals surface area contributed by atoms with E-state index in [1.165, 1.54) is 15.6 Å². The maximum absolute atomic E-state index is 12.0. The van der Waals surface area contributed by atoms with E-state index in [9.17, 15) is 13.2 Å². The number of hydrogen-bond donors (Lipinski definition) is 1. The summed E-state index contributed by atoms with van der Waals surface area (Å²) in [7, 11) is -3.46. The molecule has 2 aromatic rings. The number of aliphatic carboxylic acids is 1. The Hall–Kier alpha value is -1.32. The molecule has 0 aliphatic rings. The Bertz CT molecular complexity index is 862. The smallest absolute Gasteiger partial charge is 0.308 e. The van der Waals surface area contributed by atoms with E-state index in [1.54, 1.807) is 30.3 Å². The van der Waals surface area contributed by atoms with Gasteiger partial charge in [0.1, 0.15) is 12.4 Å². The maximum atomic E-state index is 12.0. The second kappa shape index (κ2) is 9.05. The van der Waals surface area contributed by atoms with Crippen LogP contribution in [0.2, 0.25) is 10.0 Å². The average molecular weight is 438 g/mol. The van der Waals surface area contributed by atoms with Gasteiger partial charge in [-0.1, -0.05) is 23.2 Å². The minimum absolute atomic E-state index is 0.0812. The number of thiophene rings is 1. The Morgan fingerprint density at radius 3 is 2.38 bits per heavy atom. The standard InChI is InChI=1S/C16H17Cl2NO5S2/c1-26(22,23)19(10-15-3-2-14(25-15)9-16(20)21)4-5-24-13-7-11(17)6-12(18)8-13/h2-3,6-8H,4-5,9-10H2,1H3,(H,20,21). The first-order chi connectivity index (χ1) is 12.1. The van der Waals surface area contributed by atoms with Crippen molar-refractivity contribution in [1.29, 1.82) is 0 Å². The Morgan fingerprint density at radius 2 is 1.81 bits per heavy atom. The normalized spacial score (nSPS) is 11.7. The first kappa shape index (κ1) is 21.0. The van der Waals surface area contributed by atoms with E-state index in [0.717, 1.165) is 11.1 Å². The molecule has 0 saturated carbocycles. The van der Waals surface area contributed by atoms with Gasteiger partial charge in [-0.15, -0.1) is 11.3 Å². The molecule has 0 unspecified atom stereocenters. The molecule has 1 aromatic heterocycles. The summed E-state index contributed by atoms with van der Waals surface area (Å²) in [4.78, 5) is 12.2. The van der Waals surface area contributed by atoms with E-state index in [-0.39, 0.29) is 26.1 Å². The molecule has 0 saturated heterocycles. The van der Waals surface area contributed by atoms with Gasteiger partial charge in [0.2, 0.25) is 10.0 Å². The van der Waals surface area contributed by atoms with Gasteiger partial charge in [0.05, 0.1) is 12.7 Å². The predicted molar refractivity (Wildman–Crippen MR) is 103 cm³/mol.